The van der Waals surface area contributed by atoms with Crippen LogP contribution in [-0.2, 0) is 41.8 Å². The molecule has 0 radical (unpaired) electrons. The van der Waals surface area contributed by atoms with Crippen molar-refractivity contribution in [2.24, 2.45) is 5.92 Å². The fraction of sp³-hybridized carbons (Fsp3) is 0.593. The molecule has 2 fully saturated rings. The molecule has 0 spiro atoms. The first kappa shape index (κ1) is 30.2. The Morgan fingerprint density at radius 1 is 1.33 bits per heavy atom. The minimum absolute atomic E-state index is 0.0286. The van der Waals surface area contributed by atoms with Gasteiger partial charge in [0.25, 0.3) is 0 Å². The van der Waals surface area contributed by atoms with E-state index in [1.54, 1.807) is 23.0 Å². The van der Waals surface area contributed by atoms with Crippen LogP contribution < -0.4 is 3.07 Å². The summed E-state index contributed by atoms with van der Waals surface area (Å²) < 4.78 is 27.0. The van der Waals surface area contributed by atoms with Crippen LogP contribution in [-0.4, -0.2) is 44.3 Å². The van der Waals surface area contributed by atoms with Crippen molar-refractivity contribution in [1.82, 2.24) is 0 Å². The van der Waals surface area contributed by atoms with E-state index in [1.807, 2.05) is 26.7 Å². The van der Waals surface area contributed by atoms with Crippen LogP contribution in [0.3, 0.4) is 0 Å². The summed E-state index contributed by atoms with van der Waals surface area (Å²) in [5.74, 6) is 6.68. The zero-order chi connectivity index (χ0) is 26.4. The number of hydrogen-bond acceptors (Lipinski definition) is 7. The second-order valence-corrected chi connectivity index (χ2v) is 9.49. The molecule has 0 bridgehead atoms. The third-order valence-corrected chi connectivity index (χ3v) is 6.97. The van der Waals surface area contributed by atoms with Crippen LogP contribution in [0.1, 0.15) is 68.5 Å². The van der Waals surface area contributed by atoms with Crippen molar-refractivity contribution in [3.05, 3.63) is 22.5 Å². The van der Waals surface area contributed by atoms with Crippen LogP contribution in [0.2, 0.25) is 0 Å². The van der Waals surface area contributed by atoms with Crippen LogP contribution in [0.5, 0.6) is 5.75 Å². The molecule has 1 aromatic heterocycles. The number of carbonyl (C=O) groups is 2. The Balaban J connectivity index is 0.000000425. The quantitative estimate of drug-likeness (QED) is 0.158. The molecule has 9 heteroatoms. The number of ether oxygens (including phenoxy) is 4. The van der Waals surface area contributed by atoms with Crippen molar-refractivity contribution in [3.63, 3.8) is 0 Å². The fourth-order valence-electron chi connectivity index (χ4n) is 4.41. The molecular weight excluding hydrogens is 574 g/mol. The van der Waals surface area contributed by atoms with Gasteiger partial charge in [-0.25, -0.2) is 0 Å². The molecule has 2 aliphatic heterocycles. The molecule has 0 aliphatic carbocycles. The summed E-state index contributed by atoms with van der Waals surface area (Å²) in [4.78, 5) is 23.3. The molecule has 194 valence electrons. The van der Waals surface area contributed by atoms with Gasteiger partial charge in [-0.05, 0) is 19.3 Å². The molecule has 0 amide bonds. The average molecular weight is 608 g/mol. The molecule has 3 atom stereocenters. The molecule has 1 aromatic rings. The van der Waals surface area contributed by atoms with Crippen molar-refractivity contribution < 1.29 is 31.6 Å². The Bertz CT molecular complexity index is 941. The Morgan fingerprint density at radius 3 is 2.72 bits per heavy atom. The van der Waals surface area contributed by atoms with E-state index in [0.717, 1.165) is 37.7 Å². The molecule has 36 heavy (non-hydrogen) atoms. The van der Waals surface area contributed by atoms with Crippen LogP contribution >= 0.6 is 23.0 Å². The van der Waals surface area contributed by atoms with Gasteiger partial charge < -0.3 is 4.74 Å². The Labute approximate surface area is 229 Å². The maximum Gasteiger partial charge on any atom is 0.0585 e. The van der Waals surface area contributed by atoms with E-state index in [-0.39, 0.29) is 19.6 Å². The number of carbonyl (C=O) groups excluding carboxylic acids is 2. The smallest absolute Gasteiger partial charge is 0.0585 e. The van der Waals surface area contributed by atoms with Crippen LogP contribution in [0.25, 0.3) is 0 Å². The van der Waals surface area contributed by atoms with Crippen molar-refractivity contribution >= 4 is 42.4 Å². The van der Waals surface area contributed by atoms with Gasteiger partial charge in [-0.15, -0.1) is 12.3 Å². The molecular formula is C27H34BIO7. The van der Waals surface area contributed by atoms with Gasteiger partial charge in [-0.1, -0.05) is 0 Å². The first-order valence-electron chi connectivity index (χ1n) is 12.1. The predicted molar refractivity (Wildman–Crippen MR) is 145 cm³/mol. The number of halogens is 1. The molecule has 0 saturated carbocycles. The molecule has 2 saturated heterocycles. The summed E-state index contributed by atoms with van der Waals surface area (Å²) in [5, 5.41) is 0. The molecule has 7 nitrogen and oxygen atoms in total. The summed E-state index contributed by atoms with van der Waals surface area (Å²) in [7, 11) is 0. The van der Waals surface area contributed by atoms with Gasteiger partial charge in [-0.2, -0.15) is 0 Å². The van der Waals surface area contributed by atoms with E-state index < -0.39 is 17.5 Å². The monoisotopic (exact) mass is 608 g/mol. The second-order valence-electron chi connectivity index (χ2n) is 9.04. The minimum Gasteiger partial charge on any atom is -0.378 e. The largest absolute Gasteiger partial charge is 0.378 e. The van der Waals surface area contributed by atoms with E-state index >= 15 is 0 Å². The molecule has 2 aliphatic rings. The van der Waals surface area contributed by atoms with E-state index in [4.69, 9.17) is 34.9 Å². The third kappa shape index (κ3) is 8.79. The van der Waals surface area contributed by atoms with Gasteiger partial charge in [0.2, 0.25) is 0 Å². The number of hydrogen-bond donors (Lipinski definition) is 0. The second kappa shape index (κ2) is 15.9. The standard InChI is InChI=1S/C19H22BIO6.C8H12O/c1-4-6-16(19(3)7-5-8-26-19)18(23)25-10-14-9-20-13(2)17(27-21)15(14)11-24-12-22;1-2-3-5-8-6-4-7-9-8/h1,9,12,16H,5-8,10-11H2,2-3H3;1,8H,3-7H2. The van der Waals surface area contributed by atoms with E-state index in [0.29, 0.717) is 36.1 Å². The van der Waals surface area contributed by atoms with Crippen molar-refractivity contribution in [2.45, 2.75) is 83.7 Å². The zero-order valence-electron chi connectivity index (χ0n) is 21.1. The normalized spacial score (nSPS) is 21.2. The van der Waals surface area contributed by atoms with Crippen molar-refractivity contribution in [1.29, 1.82) is 0 Å². The topological polar surface area (TPSA) is 80.3 Å². The van der Waals surface area contributed by atoms with E-state index in [1.165, 1.54) is 12.8 Å². The van der Waals surface area contributed by atoms with E-state index in [2.05, 4.69) is 11.8 Å². The van der Waals surface area contributed by atoms with Gasteiger partial charge in [0, 0.05) is 13.0 Å². The SMILES string of the molecule is C#CCC(C(=O)OCc1cbc(C)c(OI)c1COC=O)C1(C)CCCO1.C#CCCC1CCCO1. The number of esters is 1. The first-order chi connectivity index (χ1) is 17.4. The van der Waals surface area contributed by atoms with Crippen molar-refractivity contribution in [3.8, 4) is 30.4 Å². The minimum atomic E-state index is -0.601. The maximum atomic E-state index is 12.7. The van der Waals surface area contributed by atoms with Gasteiger partial charge in [0.05, 0.1) is 6.10 Å². The third-order valence-electron chi connectivity index (χ3n) is 6.52. The van der Waals surface area contributed by atoms with Crippen LogP contribution in [0.4, 0.5) is 0 Å². The Hall–Kier alpha value is -2.08. The van der Waals surface area contributed by atoms with Gasteiger partial charge >= 0.3 is 174 Å². The van der Waals surface area contributed by atoms with Gasteiger partial charge in [0.15, 0.2) is 0 Å². The van der Waals surface area contributed by atoms with E-state index in [9.17, 15) is 9.59 Å². The number of rotatable bonds is 11. The van der Waals surface area contributed by atoms with Crippen molar-refractivity contribution in [2.75, 3.05) is 13.2 Å². The molecule has 3 rings (SSSR count). The van der Waals surface area contributed by atoms with Crippen LogP contribution in [0, 0.1) is 37.5 Å². The molecule has 0 aromatic carbocycles. The summed E-state index contributed by atoms with van der Waals surface area (Å²) in [6.45, 7) is 7.64. The zero-order valence-corrected chi connectivity index (χ0v) is 23.2. The average Bonchev–Trinajstić information content (AvgIpc) is 3.56. The predicted octanol–water partition coefficient (Wildman–Crippen LogP) is 4.57. The fourth-order valence-corrected chi connectivity index (χ4v) is 5.02. The number of terminal acetylenes is 2. The summed E-state index contributed by atoms with van der Waals surface area (Å²) in [6, 6.07) is 0. The maximum absolute atomic E-state index is 12.7. The van der Waals surface area contributed by atoms with Crippen LogP contribution in [0.15, 0.2) is 5.96 Å². The molecule has 0 N–H and O–H groups in total. The molecule has 3 heterocycles. The molecule has 3 unspecified atom stereocenters. The Kier molecular flexibility index (Phi) is 13.3. The van der Waals surface area contributed by atoms with Gasteiger partial charge in [0.1, 0.15) is 0 Å². The summed E-state index contributed by atoms with van der Waals surface area (Å²) in [5.41, 5.74) is 1.66. The summed E-state index contributed by atoms with van der Waals surface area (Å²) in [6.07, 6.45) is 17.3. The van der Waals surface area contributed by atoms with Gasteiger partial charge in [-0.3, -0.25) is 0 Å². The number of aryl methyl sites for hydroxylation is 1. The first-order valence-corrected chi connectivity index (χ1v) is 13.0. The Morgan fingerprint density at radius 2 is 2.14 bits per heavy atom. The summed E-state index contributed by atoms with van der Waals surface area (Å²) >= 11 is 1.77.